The highest BCUT2D eigenvalue weighted by Crippen LogP contribution is 2.39. The zero-order valence-corrected chi connectivity index (χ0v) is 16.4. The molecule has 0 amide bonds. The van der Waals surface area contributed by atoms with Crippen molar-refractivity contribution in [3.8, 4) is 11.5 Å². The topological polar surface area (TPSA) is 37.8 Å². The predicted molar refractivity (Wildman–Crippen MR) is 110 cm³/mol. The molecule has 2 fully saturated rings. The Hall–Kier alpha value is -2.27. The van der Waals surface area contributed by atoms with E-state index >= 15 is 0 Å². The van der Waals surface area contributed by atoms with Gasteiger partial charge in [0.05, 0.1) is 0 Å². The highest BCUT2D eigenvalue weighted by molar-refractivity contribution is 5.45. The first kappa shape index (κ1) is 17.8. The summed E-state index contributed by atoms with van der Waals surface area (Å²) in [6, 6.07) is 13.2. The smallest absolute Gasteiger partial charge is 0.161 e. The largest absolute Gasteiger partial charge is 0.486 e. The van der Waals surface area contributed by atoms with E-state index in [2.05, 4.69) is 45.1 Å². The molecule has 4 heterocycles. The van der Waals surface area contributed by atoms with Gasteiger partial charge in [-0.05, 0) is 68.0 Å². The third-order valence-electron chi connectivity index (χ3n) is 6.40. The molecule has 0 aliphatic carbocycles. The standard InChI is InChI=1S/C23H29N3O2/c1-2-10-24-23(5-1)25-12-8-18(9-13-25)17-26-11-3-4-20(26)19-6-7-21-22(16-19)28-15-14-27-21/h1-2,5-7,10,16,18,20H,3-4,8-9,11-15,17H2/t20-/m0/s1. The summed E-state index contributed by atoms with van der Waals surface area (Å²) in [7, 11) is 0. The summed E-state index contributed by atoms with van der Waals surface area (Å²) in [5, 5.41) is 0. The molecule has 3 aliphatic rings. The van der Waals surface area contributed by atoms with Gasteiger partial charge in [0.1, 0.15) is 19.0 Å². The summed E-state index contributed by atoms with van der Waals surface area (Å²) in [5.41, 5.74) is 1.38. The lowest BCUT2D eigenvalue weighted by molar-refractivity contribution is 0.169. The minimum Gasteiger partial charge on any atom is -0.486 e. The van der Waals surface area contributed by atoms with Crippen LogP contribution in [0.2, 0.25) is 0 Å². The van der Waals surface area contributed by atoms with E-state index in [-0.39, 0.29) is 0 Å². The van der Waals surface area contributed by atoms with Crippen LogP contribution in [0.25, 0.3) is 0 Å². The lowest BCUT2D eigenvalue weighted by atomic mass is 9.95. The van der Waals surface area contributed by atoms with Crippen molar-refractivity contribution >= 4 is 5.82 Å². The van der Waals surface area contributed by atoms with Crippen LogP contribution < -0.4 is 14.4 Å². The molecule has 0 bridgehead atoms. The SMILES string of the molecule is c1ccc(N2CCC(CN3CCC[C@H]3c3ccc4c(c3)OCCO4)CC2)nc1. The monoisotopic (exact) mass is 379 g/mol. The summed E-state index contributed by atoms with van der Waals surface area (Å²) in [6.07, 6.45) is 6.92. The van der Waals surface area contributed by atoms with Crippen molar-refractivity contribution in [1.82, 2.24) is 9.88 Å². The molecule has 0 N–H and O–H groups in total. The molecule has 0 saturated carbocycles. The van der Waals surface area contributed by atoms with E-state index in [9.17, 15) is 0 Å². The van der Waals surface area contributed by atoms with Gasteiger partial charge in [-0.15, -0.1) is 0 Å². The number of anilines is 1. The number of nitrogens with zero attached hydrogens (tertiary/aromatic N) is 3. The Labute approximate surface area is 167 Å². The van der Waals surface area contributed by atoms with Crippen molar-refractivity contribution in [1.29, 1.82) is 0 Å². The Balaban J connectivity index is 1.21. The first-order valence-corrected chi connectivity index (χ1v) is 10.7. The molecule has 5 nitrogen and oxygen atoms in total. The average molecular weight is 380 g/mol. The van der Waals surface area contributed by atoms with Crippen LogP contribution in [0, 0.1) is 5.92 Å². The Bertz CT molecular complexity index is 790. The minimum absolute atomic E-state index is 0.518. The van der Waals surface area contributed by atoms with Crippen molar-refractivity contribution in [2.75, 3.05) is 44.3 Å². The molecule has 0 radical (unpaired) electrons. The highest BCUT2D eigenvalue weighted by atomic mass is 16.6. The van der Waals surface area contributed by atoms with Crippen molar-refractivity contribution < 1.29 is 9.47 Å². The summed E-state index contributed by atoms with van der Waals surface area (Å²) in [4.78, 5) is 9.64. The molecular formula is C23H29N3O2. The fourth-order valence-electron chi connectivity index (χ4n) is 4.91. The number of fused-ring (bicyclic) bond motifs is 1. The average Bonchev–Trinajstić information content (AvgIpc) is 3.23. The van der Waals surface area contributed by atoms with Gasteiger partial charge in [-0.2, -0.15) is 0 Å². The number of hydrogen-bond donors (Lipinski definition) is 0. The number of rotatable bonds is 4. The van der Waals surface area contributed by atoms with Gasteiger partial charge >= 0.3 is 0 Å². The van der Waals surface area contributed by atoms with Crippen LogP contribution in [0.5, 0.6) is 11.5 Å². The Morgan fingerprint density at radius 2 is 1.79 bits per heavy atom. The quantitative estimate of drug-likeness (QED) is 0.805. The summed E-state index contributed by atoms with van der Waals surface area (Å²) >= 11 is 0. The van der Waals surface area contributed by atoms with E-state index in [1.54, 1.807) is 0 Å². The van der Waals surface area contributed by atoms with Crippen LogP contribution in [-0.2, 0) is 0 Å². The van der Waals surface area contributed by atoms with Crippen molar-refractivity contribution in [2.45, 2.75) is 31.7 Å². The number of pyridine rings is 1. The third kappa shape index (κ3) is 3.68. The van der Waals surface area contributed by atoms with Gasteiger partial charge < -0.3 is 14.4 Å². The van der Waals surface area contributed by atoms with Crippen LogP contribution >= 0.6 is 0 Å². The highest BCUT2D eigenvalue weighted by Gasteiger charge is 2.30. The molecule has 2 saturated heterocycles. The molecule has 0 spiro atoms. The van der Waals surface area contributed by atoms with E-state index in [1.165, 1.54) is 44.3 Å². The van der Waals surface area contributed by atoms with Gasteiger partial charge in [0.2, 0.25) is 0 Å². The molecule has 1 atom stereocenters. The number of benzene rings is 1. The predicted octanol–water partition coefficient (Wildman–Crippen LogP) is 3.91. The molecule has 5 rings (SSSR count). The van der Waals surface area contributed by atoms with E-state index in [4.69, 9.17) is 9.47 Å². The van der Waals surface area contributed by atoms with Gasteiger partial charge in [-0.25, -0.2) is 4.98 Å². The molecule has 0 unspecified atom stereocenters. The number of ether oxygens (including phenoxy) is 2. The molecule has 148 valence electrons. The van der Waals surface area contributed by atoms with E-state index in [0.29, 0.717) is 19.3 Å². The summed E-state index contributed by atoms with van der Waals surface area (Å²) in [6.45, 7) is 5.95. The van der Waals surface area contributed by atoms with Crippen LogP contribution in [0.4, 0.5) is 5.82 Å². The minimum atomic E-state index is 0.518. The molecule has 28 heavy (non-hydrogen) atoms. The Kier molecular flexibility index (Phi) is 5.08. The van der Waals surface area contributed by atoms with Crippen LogP contribution in [0.15, 0.2) is 42.6 Å². The number of hydrogen-bond acceptors (Lipinski definition) is 5. The van der Waals surface area contributed by atoms with E-state index < -0.39 is 0 Å². The zero-order valence-electron chi connectivity index (χ0n) is 16.4. The lowest BCUT2D eigenvalue weighted by Gasteiger charge is -2.36. The Morgan fingerprint density at radius 3 is 2.61 bits per heavy atom. The maximum absolute atomic E-state index is 5.81. The lowest BCUT2D eigenvalue weighted by Crippen LogP contribution is -2.39. The van der Waals surface area contributed by atoms with Gasteiger partial charge in [-0.1, -0.05) is 12.1 Å². The van der Waals surface area contributed by atoms with Gasteiger partial charge in [0.15, 0.2) is 11.5 Å². The van der Waals surface area contributed by atoms with Crippen LogP contribution in [0.3, 0.4) is 0 Å². The van der Waals surface area contributed by atoms with Crippen LogP contribution in [0.1, 0.15) is 37.3 Å². The first-order chi connectivity index (χ1) is 13.9. The molecule has 2 aromatic rings. The second kappa shape index (κ2) is 8.00. The number of likely N-dealkylation sites (tertiary alicyclic amines) is 1. The molecular weight excluding hydrogens is 350 g/mol. The number of aromatic nitrogens is 1. The van der Waals surface area contributed by atoms with E-state index in [0.717, 1.165) is 36.3 Å². The Morgan fingerprint density at radius 1 is 0.929 bits per heavy atom. The zero-order chi connectivity index (χ0) is 18.8. The van der Waals surface area contributed by atoms with Crippen molar-refractivity contribution in [2.24, 2.45) is 5.92 Å². The van der Waals surface area contributed by atoms with Crippen LogP contribution in [-0.4, -0.2) is 49.3 Å². The van der Waals surface area contributed by atoms with Gasteiger partial charge in [0.25, 0.3) is 0 Å². The van der Waals surface area contributed by atoms with E-state index in [1.807, 2.05) is 12.3 Å². The van der Waals surface area contributed by atoms with Gasteiger partial charge in [-0.3, -0.25) is 4.90 Å². The first-order valence-electron chi connectivity index (χ1n) is 10.7. The number of piperidine rings is 1. The second-order valence-corrected chi connectivity index (χ2v) is 8.17. The molecule has 1 aromatic heterocycles. The molecule has 3 aliphatic heterocycles. The summed E-state index contributed by atoms with van der Waals surface area (Å²) in [5.74, 6) is 3.70. The second-order valence-electron chi connectivity index (χ2n) is 8.17. The van der Waals surface area contributed by atoms with Gasteiger partial charge in [0, 0.05) is 31.9 Å². The molecule has 1 aromatic carbocycles. The van der Waals surface area contributed by atoms with Crippen molar-refractivity contribution in [3.63, 3.8) is 0 Å². The summed E-state index contributed by atoms with van der Waals surface area (Å²) < 4.78 is 11.5. The fourth-order valence-corrected chi connectivity index (χ4v) is 4.91. The maximum atomic E-state index is 5.81. The normalized spacial score (nSPS) is 23.1. The molecule has 5 heteroatoms. The third-order valence-corrected chi connectivity index (χ3v) is 6.40. The van der Waals surface area contributed by atoms with Crippen molar-refractivity contribution in [3.05, 3.63) is 48.2 Å². The fraction of sp³-hybridized carbons (Fsp3) is 0.522. The maximum Gasteiger partial charge on any atom is 0.161 e.